The fourth-order valence-corrected chi connectivity index (χ4v) is 3.96. The van der Waals surface area contributed by atoms with Gasteiger partial charge in [-0.3, -0.25) is 0 Å². The van der Waals surface area contributed by atoms with Crippen LogP contribution in [0.3, 0.4) is 0 Å². The molecule has 0 radical (unpaired) electrons. The fraction of sp³-hybridized carbons (Fsp3) is 0.308. The van der Waals surface area contributed by atoms with Crippen LogP contribution in [0.25, 0.3) is 0 Å². The van der Waals surface area contributed by atoms with E-state index in [0.717, 1.165) is 17.8 Å². The van der Waals surface area contributed by atoms with Crippen LogP contribution in [0.5, 0.6) is 0 Å². The highest BCUT2D eigenvalue weighted by Crippen LogP contribution is 2.41. The van der Waals surface area contributed by atoms with Crippen LogP contribution < -0.4 is 4.72 Å². The van der Waals surface area contributed by atoms with Crippen LogP contribution >= 0.6 is 11.6 Å². The molecule has 1 heterocycles. The minimum Gasteiger partial charge on any atom is -0.337 e. The van der Waals surface area contributed by atoms with Crippen molar-refractivity contribution in [3.05, 3.63) is 47.3 Å². The van der Waals surface area contributed by atoms with E-state index in [2.05, 4.69) is 9.71 Å². The van der Waals surface area contributed by atoms with Crippen LogP contribution in [-0.4, -0.2) is 24.0 Å². The van der Waals surface area contributed by atoms with E-state index in [4.69, 9.17) is 11.6 Å². The van der Waals surface area contributed by atoms with Crippen molar-refractivity contribution in [1.29, 1.82) is 0 Å². The minimum atomic E-state index is -3.78. The van der Waals surface area contributed by atoms with Crippen molar-refractivity contribution in [3.8, 4) is 0 Å². The second-order valence-electron chi connectivity index (χ2n) is 5.10. The van der Waals surface area contributed by atoms with Crippen molar-refractivity contribution in [1.82, 2.24) is 14.3 Å². The maximum absolute atomic E-state index is 13.3. The average Bonchev–Trinajstić information content (AvgIpc) is 2.97. The molecular formula is C13H13ClFN3O2S. The van der Waals surface area contributed by atoms with Gasteiger partial charge in [0.15, 0.2) is 0 Å². The van der Waals surface area contributed by atoms with Gasteiger partial charge in [0.25, 0.3) is 0 Å². The molecule has 0 aliphatic heterocycles. The molecule has 0 amide bonds. The second-order valence-corrected chi connectivity index (χ2v) is 7.25. The maximum Gasteiger partial charge on any atom is 0.240 e. The summed E-state index contributed by atoms with van der Waals surface area (Å²) in [5.41, 5.74) is 0.972. The molecule has 8 heteroatoms. The van der Waals surface area contributed by atoms with E-state index in [1.165, 1.54) is 6.07 Å². The molecular weight excluding hydrogens is 317 g/mol. The summed E-state index contributed by atoms with van der Waals surface area (Å²) in [6.07, 6.45) is 4.09. The molecule has 3 rings (SSSR count). The van der Waals surface area contributed by atoms with Gasteiger partial charge in [-0.25, -0.2) is 22.5 Å². The SMILES string of the molecule is Cn1cncc1[C@@H]1C[C@H]1NS(=O)(=O)c1cc(F)cc(Cl)c1. The molecule has 1 aromatic heterocycles. The summed E-state index contributed by atoms with van der Waals surface area (Å²) >= 11 is 5.70. The number of halogens is 2. The number of rotatable bonds is 4. The zero-order valence-electron chi connectivity index (χ0n) is 11.1. The van der Waals surface area contributed by atoms with Crippen molar-refractivity contribution in [2.45, 2.75) is 23.3 Å². The number of hydrogen-bond acceptors (Lipinski definition) is 3. The summed E-state index contributed by atoms with van der Waals surface area (Å²) in [6, 6.07) is 3.05. The van der Waals surface area contributed by atoms with Gasteiger partial charge in [-0.05, 0) is 24.6 Å². The number of sulfonamides is 1. The Bertz CT molecular complexity index is 770. The van der Waals surface area contributed by atoms with Crippen LogP contribution in [0.2, 0.25) is 5.02 Å². The summed E-state index contributed by atoms with van der Waals surface area (Å²) < 4.78 is 42.2. The molecule has 0 saturated heterocycles. The van der Waals surface area contributed by atoms with E-state index in [9.17, 15) is 12.8 Å². The number of nitrogens with zero attached hydrogens (tertiary/aromatic N) is 2. The molecule has 0 bridgehead atoms. The molecule has 2 aromatic rings. The Hall–Kier alpha value is -1.44. The average molecular weight is 330 g/mol. The number of benzene rings is 1. The van der Waals surface area contributed by atoms with Crippen molar-refractivity contribution in [3.63, 3.8) is 0 Å². The minimum absolute atomic E-state index is 0.0503. The normalized spacial score (nSPS) is 21.5. The van der Waals surface area contributed by atoms with E-state index in [1.54, 1.807) is 12.5 Å². The lowest BCUT2D eigenvalue weighted by Gasteiger charge is -2.07. The Balaban J connectivity index is 1.78. The van der Waals surface area contributed by atoms with Gasteiger partial charge in [-0.2, -0.15) is 0 Å². The third-order valence-electron chi connectivity index (χ3n) is 3.48. The molecule has 1 fully saturated rings. The first-order valence-electron chi connectivity index (χ1n) is 6.31. The molecule has 0 unspecified atom stereocenters. The molecule has 0 spiro atoms. The lowest BCUT2D eigenvalue weighted by molar-refractivity contribution is 0.575. The van der Waals surface area contributed by atoms with Gasteiger partial charge in [-0.1, -0.05) is 11.6 Å². The highest BCUT2D eigenvalue weighted by atomic mass is 35.5. The molecule has 1 saturated carbocycles. The zero-order valence-corrected chi connectivity index (χ0v) is 12.7. The van der Waals surface area contributed by atoms with Gasteiger partial charge in [0.05, 0.1) is 11.2 Å². The quantitative estimate of drug-likeness (QED) is 0.933. The number of aryl methyl sites for hydroxylation is 1. The van der Waals surface area contributed by atoms with E-state index >= 15 is 0 Å². The van der Waals surface area contributed by atoms with E-state index in [0.29, 0.717) is 6.42 Å². The first kappa shape index (κ1) is 14.5. The molecule has 2 atom stereocenters. The number of nitrogens with one attached hydrogen (secondary N) is 1. The summed E-state index contributed by atoms with van der Waals surface area (Å²) in [4.78, 5) is 3.85. The van der Waals surface area contributed by atoms with E-state index < -0.39 is 15.8 Å². The molecule has 1 aromatic carbocycles. The van der Waals surface area contributed by atoms with Crippen LogP contribution in [0, 0.1) is 5.82 Å². The first-order valence-corrected chi connectivity index (χ1v) is 8.17. The monoisotopic (exact) mass is 329 g/mol. The molecule has 112 valence electrons. The van der Waals surface area contributed by atoms with E-state index in [1.807, 2.05) is 11.6 Å². The number of hydrogen-bond donors (Lipinski definition) is 1. The first-order chi connectivity index (χ1) is 9.87. The highest BCUT2D eigenvalue weighted by Gasteiger charge is 2.43. The Kier molecular flexibility index (Phi) is 3.51. The van der Waals surface area contributed by atoms with Gasteiger partial charge in [0.1, 0.15) is 5.82 Å². The smallest absolute Gasteiger partial charge is 0.240 e. The Labute approximate surface area is 126 Å². The third kappa shape index (κ3) is 2.95. The summed E-state index contributed by atoms with van der Waals surface area (Å²) in [6.45, 7) is 0. The predicted molar refractivity (Wildman–Crippen MR) is 76.1 cm³/mol. The van der Waals surface area contributed by atoms with E-state index in [-0.39, 0.29) is 21.9 Å². The number of imidazole rings is 1. The molecule has 1 N–H and O–H groups in total. The van der Waals surface area contributed by atoms with Gasteiger partial charge in [0.2, 0.25) is 10.0 Å². The third-order valence-corrected chi connectivity index (χ3v) is 5.16. The predicted octanol–water partition coefficient (Wildman–Crippen LogP) is 2.05. The van der Waals surface area contributed by atoms with Crippen molar-refractivity contribution in [2.24, 2.45) is 7.05 Å². The van der Waals surface area contributed by atoms with Crippen LogP contribution in [0.4, 0.5) is 4.39 Å². The van der Waals surface area contributed by atoms with Gasteiger partial charge < -0.3 is 4.57 Å². The summed E-state index contributed by atoms with van der Waals surface area (Å²) in [5, 5.41) is 0.0503. The van der Waals surface area contributed by atoms with Gasteiger partial charge in [-0.15, -0.1) is 0 Å². The molecule has 1 aliphatic rings. The van der Waals surface area contributed by atoms with Crippen LogP contribution in [-0.2, 0) is 17.1 Å². The Morgan fingerprint density at radius 1 is 1.43 bits per heavy atom. The Morgan fingerprint density at radius 2 is 2.19 bits per heavy atom. The summed E-state index contributed by atoms with van der Waals surface area (Å²) in [5.74, 6) is -0.585. The fourth-order valence-electron chi connectivity index (χ4n) is 2.33. The Morgan fingerprint density at radius 3 is 2.81 bits per heavy atom. The topological polar surface area (TPSA) is 64.0 Å². The van der Waals surface area contributed by atoms with Crippen LogP contribution in [0.15, 0.2) is 35.6 Å². The standard InChI is InChI=1S/C13H13ClFN3O2S/c1-18-7-16-6-13(18)11-5-12(11)17-21(19,20)10-3-8(14)2-9(15)4-10/h2-4,6-7,11-12,17H,5H2,1H3/t11-,12-/m1/s1. The number of aromatic nitrogens is 2. The lowest BCUT2D eigenvalue weighted by atomic mass is 10.3. The van der Waals surface area contributed by atoms with Gasteiger partial charge >= 0.3 is 0 Å². The molecule has 5 nitrogen and oxygen atoms in total. The zero-order chi connectivity index (χ0) is 15.2. The second kappa shape index (κ2) is 5.08. The lowest BCUT2D eigenvalue weighted by Crippen LogP contribution is -2.27. The largest absolute Gasteiger partial charge is 0.337 e. The van der Waals surface area contributed by atoms with Crippen LogP contribution in [0.1, 0.15) is 18.0 Å². The van der Waals surface area contributed by atoms with Crippen molar-refractivity contribution < 1.29 is 12.8 Å². The molecule has 1 aliphatic carbocycles. The van der Waals surface area contributed by atoms with Crippen molar-refractivity contribution >= 4 is 21.6 Å². The van der Waals surface area contributed by atoms with Gasteiger partial charge in [0, 0.05) is 35.9 Å². The maximum atomic E-state index is 13.3. The molecule has 21 heavy (non-hydrogen) atoms. The highest BCUT2D eigenvalue weighted by molar-refractivity contribution is 7.89. The summed E-state index contributed by atoms with van der Waals surface area (Å²) in [7, 11) is -1.92. The van der Waals surface area contributed by atoms with Crippen molar-refractivity contribution in [2.75, 3.05) is 0 Å².